The molecule has 0 fully saturated rings. The van der Waals surface area contributed by atoms with E-state index in [2.05, 4.69) is 106 Å². The van der Waals surface area contributed by atoms with Crippen LogP contribution in [0.3, 0.4) is 0 Å². The fourth-order valence-corrected chi connectivity index (χ4v) is 9.39. The molecular formula is C63H110O16P2. The number of ether oxygens (including phenoxy) is 3. The largest absolute Gasteiger partial charge is 0.472 e. The molecule has 0 radical (unpaired) electrons. The van der Waals surface area contributed by atoms with Crippen LogP contribution in [0.25, 0.3) is 0 Å². The van der Waals surface area contributed by atoms with Crippen LogP contribution in [0.5, 0.6) is 0 Å². The van der Waals surface area contributed by atoms with Crippen molar-refractivity contribution < 1.29 is 75.8 Å². The number of carbonyl (C=O) groups is 3. The highest BCUT2D eigenvalue weighted by atomic mass is 31.2. The SMILES string of the molecule is CC/C=C\C/C=C\C/C=C\C/C=C\C/C=C\CCCCCCCC(=O)OCC(O)COP(=O)(O)OCC(O)COP(=O)(O)OCC(COC(=O)CCCCCCC/C=C\CCCCCC)OC(=O)CCCCCCC/C=C\CCCC. The number of unbranched alkanes of at least 4 members (excludes halogenated alkanes) is 21. The maximum Gasteiger partial charge on any atom is 0.472 e. The van der Waals surface area contributed by atoms with Crippen molar-refractivity contribution in [3.05, 3.63) is 85.1 Å². The molecule has 0 saturated heterocycles. The number of hydrogen-bond donors (Lipinski definition) is 4. The molecule has 0 aromatic rings. The van der Waals surface area contributed by atoms with Crippen LogP contribution < -0.4 is 0 Å². The molecular weight excluding hydrogens is 1070 g/mol. The van der Waals surface area contributed by atoms with Gasteiger partial charge in [0.15, 0.2) is 6.10 Å². The van der Waals surface area contributed by atoms with Crippen molar-refractivity contribution in [2.24, 2.45) is 0 Å². The summed E-state index contributed by atoms with van der Waals surface area (Å²) in [6, 6.07) is 0. The molecule has 16 nitrogen and oxygen atoms in total. The first-order chi connectivity index (χ1) is 39.2. The highest BCUT2D eigenvalue weighted by Crippen LogP contribution is 2.45. The third kappa shape index (κ3) is 58.3. The van der Waals surface area contributed by atoms with E-state index in [9.17, 15) is 43.5 Å². The Kier molecular flexibility index (Phi) is 54.9. The predicted octanol–water partition coefficient (Wildman–Crippen LogP) is 16.2. The van der Waals surface area contributed by atoms with Crippen molar-refractivity contribution in [3.63, 3.8) is 0 Å². The lowest BCUT2D eigenvalue weighted by atomic mass is 10.1. The molecule has 0 aliphatic carbocycles. The van der Waals surface area contributed by atoms with Crippen molar-refractivity contribution in [2.75, 3.05) is 39.6 Å². The molecule has 5 atom stereocenters. The summed E-state index contributed by atoms with van der Waals surface area (Å²) in [6.45, 7) is 2.43. The topological polar surface area (TPSA) is 231 Å². The first-order valence-electron chi connectivity index (χ1n) is 30.9. The van der Waals surface area contributed by atoms with E-state index in [4.69, 9.17) is 32.3 Å². The van der Waals surface area contributed by atoms with Crippen LogP contribution >= 0.6 is 15.6 Å². The number of aliphatic hydroxyl groups excluding tert-OH is 2. The molecule has 4 N–H and O–H groups in total. The van der Waals surface area contributed by atoms with E-state index >= 15 is 0 Å². The van der Waals surface area contributed by atoms with Gasteiger partial charge in [-0.1, -0.05) is 196 Å². The minimum Gasteiger partial charge on any atom is -0.463 e. The molecule has 0 amide bonds. The standard InChI is InChI=1S/C63H110O16P2/c1-4-7-10-13-16-19-22-24-25-26-27-28-29-30-31-33-36-37-40-43-46-49-61(66)73-52-58(64)53-75-80(69,70)76-54-59(65)55-77-81(71,72)78-57-60(79-63(68)51-48-45-42-39-34-21-18-15-12-9-6-3)56-74-62(67)50-47-44-41-38-35-32-23-20-17-14-11-8-5-2/h7,10,15-16,18-20,23-25,27-28,30-31,58-60,64-65H,4-6,8-9,11-14,17,21-22,26,29,32-57H2,1-3H3,(H,69,70)(H,71,72)/b10-7-,18-15-,19-16-,23-20-,25-24-,28-27-,31-30-. The Morgan fingerprint density at radius 2 is 0.667 bits per heavy atom. The number of carbonyl (C=O) groups excluding carboxylic acids is 3. The molecule has 0 saturated carbocycles. The Balaban J connectivity index is 4.59. The van der Waals surface area contributed by atoms with E-state index in [1.165, 1.54) is 38.5 Å². The third-order valence-electron chi connectivity index (χ3n) is 12.6. The Morgan fingerprint density at radius 1 is 0.358 bits per heavy atom. The van der Waals surface area contributed by atoms with Crippen LogP contribution in [-0.4, -0.2) is 95.9 Å². The molecule has 81 heavy (non-hydrogen) atoms. The minimum absolute atomic E-state index is 0.0927. The van der Waals surface area contributed by atoms with Crippen molar-refractivity contribution in [2.45, 2.75) is 257 Å². The molecule has 0 aromatic carbocycles. The lowest BCUT2D eigenvalue weighted by Crippen LogP contribution is -2.30. The number of phosphoric ester groups is 2. The second-order valence-electron chi connectivity index (χ2n) is 20.5. The molecule has 0 aromatic heterocycles. The van der Waals surface area contributed by atoms with Crippen molar-refractivity contribution in [1.29, 1.82) is 0 Å². The molecule has 0 heterocycles. The summed E-state index contributed by atoms with van der Waals surface area (Å²) in [5, 5.41) is 20.5. The van der Waals surface area contributed by atoms with E-state index in [0.717, 1.165) is 141 Å². The van der Waals surface area contributed by atoms with Crippen LogP contribution in [0.4, 0.5) is 0 Å². The van der Waals surface area contributed by atoms with Gasteiger partial charge in [-0.2, -0.15) is 0 Å². The van der Waals surface area contributed by atoms with Crippen LogP contribution in [0.1, 0.15) is 239 Å². The summed E-state index contributed by atoms with van der Waals surface area (Å²) in [7, 11) is -9.76. The highest BCUT2D eigenvalue weighted by molar-refractivity contribution is 7.47. The second kappa shape index (κ2) is 57.2. The van der Waals surface area contributed by atoms with Gasteiger partial charge < -0.3 is 34.2 Å². The Hall–Kier alpha value is -3.27. The fourth-order valence-electron chi connectivity index (χ4n) is 7.81. The first-order valence-corrected chi connectivity index (χ1v) is 33.9. The fraction of sp³-hybridized carbons (Fsp3) is 0.730. The first kappa shape index (κ1) is 77.7. The monoisotopic (exact) mass is 1180 g/mol. The van der Waals surface area contributed by atoms with Crippen molar-refractivity contribution in [1.82, 2.24) is 0 Å². The molecule has 18 heteroatoms. The number of phosphoric acid groups is 2. The predicted molar refractivity (Wildman–Crippen MR) is 325 cm³/mol. The summed E-state index contributed by atoms with van der Waals surface area (Å²) < 4.78 is 60.6. The highest BCUT2D eigenvalue weighted by Gasteiger charge is 2.29. The van der Waals surface area contributed by atoms with Gasteiger partial charge in [0.05, 0.1) is 26.4 Å². The smallest absolute Gasteiger partial charge is 0.463 e. The van der Waals surface area contributed by atoms with Gasteiger partial charge in [-0.25, -0.2) is 9.13 Å². The zero-order chi connectivity index (χ0) is 59.6. The number of allylic oxidation sites excluding steroid dienone is 14. The Bertz CT molecular complexity index is 1830. The normalized spacial score (nSPS) is 15.0. The maximum atomic E-state index is 12.8. The van der Waals surface area contributed by atoms with E-state index in [-0.39, 0.29) is 19.3 Å². The molecule has 468 valence electrons. The summed E-state index contributed by atoms with van der Waals surface area (Å²) in [5.74, 6) is -1.61. The molecule has 0 bridgehead atoms. The van der Waals surface area contributed by atoms with Crippen LogP contribution in [0.2, 0.25) is 0 Å². The average molecular weight is 1190 g/mol. The number of rotatable bonds is 58. The molecule has 0 spiro atoms. The van der Waals surface area contributed by atoms with E-state index < -0.39 is 91.5 Å². The summed E-state index contributed by atoms with van der Waals surface area (Å²) in [4.78, 5) is 58.0. The van der Waals surface area contributed by atoms with Crippen LogP contribution in [0.15, 0.2) is 85.1 Å². The van der Waals surface area contributed by atoms with Gasteiger partial charge in [0.1, 0.15) is 25.4 Å². The summed E-state index contributed by atoms with van der Waals surface area (Å²) >= 11 is 0. The van der Waals surface area contributed by atoms with Gasteiger partial charge >= 0.3 is 33.6 Å². The van der Waals surface area contributed by atoms with E-state index in [1.807, 2.05) is 0 Å². The zero-order valence-corrected chi connectivity index (χ0v) is 52.0. The van der Waals surface area contributed by atoms with Crippen LogP contribution in [0, 0.1) is 0 Å². The number of aliphatic hydroxyl groups is 2. The Morgan fingerprint density at radius 3 is 1.09 bits per heavy atom. The van der Waals surface area contributed by atoms with Crippen molar-refractivity contribution >= 4 is 33.6 Å². The van der Waals surface area contributed by atoms with Gasteiger partial charge in [0, 0.05) is 19.3 Å². The number of hydrogen-bond acceptors (Lipinski definition) is 14. The van der Waals surface area contributed by atoms with Gasteiger partial charge in [-0.3, -0.25) is 32.5 Å². The second-order valence-corrected chi connectivity index (χ2v) is 23.4. The van der Waals surface area contributed by atoms with Gasteiger partial charge in [-0.05, 0) is 109 Å². The zero-order valence-electron chi connectivity index (χ0n) is 50.2. The lowest BCUT2D eigenvalue weighted by molar-refractivity contribution is -0.161. The quantitative estimate of drug-likeness (QED) is 0.0146. The van der Waals surface area contributed by atoms with Crippen molar-refractivity contribution in [3.8, 4) is 0 Å². The van der Waals surface area contributed by atoms with Crippen LogP contribution in [-0.2, 0) is 55.8 Å². The van der Waals surface area contributed by atoms with E-state index in [0.29, 0.717) is 19.3 Å². The molecule has 0 rings (SSSR count). The lowest BCUT2D eigenvalue weighted by Gasteiger charge is -2.21. The van der Waals surface area contributed by atoms with Gasteiger partial charge in [-0.15, -0.1) is 0 Å². The molecule has 0 aliphatic heterocycles. The summed E-state index contributed by atoms with van der Waals surface area (Å²) in [5.41, 5.74) is 0. The molecule has 0 aliphatic rings. The Labute approximate surface area is 489 Å². The van der Waals surface area contributed by atoms with Gasteiger partial charge in [0.2, 0.25) is 0 Å². The maximum absolute atomic E-state index is 12.8. The third-order valence-corrected chi connectivity index (χ3v) is 14.5. The van der Waals surface area contributed by atoms with E-state index in [1.54, 1.807) is 0 Å². The van der Waals surface area contributed by atoms with Gasteiger partial charge in [0.25, 0.3) is 0 Å². The summed E-state index contributed by atoms with van der Waals surface area (Å²) in [6.07, 6.45) is 58.0. The average Bonchev–Trinajstić information content (AvgIpc) is 3.45. The minimum atomic E-state index is -4.92. The number of esters is 3. The molecule has 5 unspecified atom stereocenters.